The summed E-state index contributed by atoms with van der Waals surface area (Å²) in [7, 11) is -2.91. The van der Waals surface area contributed by atoms with Crippen LogP contribution >= 0.6 is 0 Å². The van der Waals surface area contributed by atoms with Crippen LogP contribution in [0.1, 0.15) is 12.1 Å². The molecule has 0 aliphatic carbocycles. The highest BCUT2D eigenvalue weighted by Gasteiger charge is 2.27. The average Bonchev–Trinajstić information content (AvgIpc) is 2.83. The number of rotatable bonds is 4. The van der Waals surface area contributed by atoms with Crippen LogP contribution < -0.4 is 5.32 Å². The summed E-state index contributed by atoms with van der Waals surface area (Å²) < 4.78 is 23.1. The van der Waals surface area contributed by atoms with E-state index in [0.29, 0.717) is 23.9 Å². The quantitative estimate of drug-likeness (QED) is 0.679. The second-order valence-electron chi connectivity index (χ2n) is 5.92. The fraction of sp³-hybridized carbons (Fsp3) is 0.400. The normalized spacial score (nSPS) is 19.8. The lowest BCUT2D eigenvalue weighted by Gasteiger charge is -2.13. The molecule has 1 aromatic carbocycles. The first-order chi connectivity index (χ1) is 10.8. The Balaban J connectivity index is 1.89. The maximum absolute atomic E-state index is 11.5. The molecule has 1 aliphatic heterocycles. The van der Waals surface area contributed by atoms with Crippen molar-refractivity contribution in [1.82, 2.24) is 4.98 Å². The molecule has 2 heterocycles. The van der Waals surface area contributed by atoms with Gasteiger partial charge < -0.3 is 5.32 Å². The zero-order chi connectivity index (χ0) is 16.6. The van der Waals surface area contributed by atoms with Gasteiger partial charge in [0, 0.05) is 35.4 Å². The Labute approximate surface area is 133 Å². The molecule has 1 unspecified atom stereocenters. The number of nitro benzene ring substituents is 1. The molecule has 0 amide bonds. The van der Waals surface area contributed by atoms with E-state index in [4.69, 9.17) is 0 Å². The Hall–Kier alpha value is -2.22. The highest BCUT2D eigenvalue weighted by atomic mass is 32.2. The van der Waals surface area contributed by atoms with Crippen LogP contribution in [-0.2, 0) is 9.84 Å². The lowest BCUT2D eigenvalue weighted by Crippen LogP contribution is -2.16. The van der Waals surface area contributed by atoms with Crippen molar-refractivity contribution >= 4 is 32.1 Å². The van der Waals surface area contributed by atoms with Crippen LogP contribution in [0.3, 0.4) is 0 Å². The SMILES string of the molecule is Cc1cc(NCC2CCS(=O)(=O)C2)c2cc([N+](=O)[O-])ccc2n1. The summed E-state index contributed by atoms with van der Waals surface area (Å²) in [4.78, 5) is 14.9. The number of hydrogen-bond donors (Lipinski definition) is 1. The number of pyridine rings is 1. The van der Waals surface area contributed by atoms with Crippen LogP contribution in [0.5, 0.6) is 0 Å². The Bertz CT molecular complexity index is 880. The minimum atomic E-state index is -2.91. The molecule has 2 aromatic rings. The molecule has 0 bridgehead atoms. The Morgan fingerprint density at radius 3 is 2.83 bits per heavy atom. The standard InChI is InChI=1S/C15H17N3O4S/c1-10-6-15(16-8-11-4-5-23(21,22)9-11)13-7-12(18(19)20)2-3-14(13)17-10/h2-3,6-7,11H,4-5,8-9H2,1H3,(H,16,17). The van der Waals surface area contributed by atoms with Gasteiger partial charge in [0.15, 0.2) is 9.84 Å². The fourth-order valence-electron chi connectivity index (χ4n) is 2.89. The van der Waals surface area contributed by atoms with Crippen molar-refractivity contribution in [3.8, 4) is 0 Å². The summed E-state index contributed by atoms with van der Waals surface area (Å²) >= 11 is 0. The van der Waals surface area contributed by atoms with Crippen molar-refractivity contribution in [3.63, 3.8) is 0 Å². The first-order valence-corrected chi connectivity index (χ1v) is 9.16. The van der Waals surface area contributed by atoms with E-state index in [1.807, 2.05) is 13.0 Å². The van der Waals surface area contributed by atoms with Crippen molar-refractivity contribution in [2.45, 2.75) is 13.3 Å². The van der Waals surface area contributed by atoms with Gasteiger partial charge in [-0.2, -0.15) is 0 Å². The van der Waals surface area contributed by atoms with E-state index in [2.05, 4.69) is 10.3 Å². The molecule has 122 valence electrons. The van der Waals surface area contributed by atoms with Gasteiger partial charge in [-0.1, -0.05) is 0 Å². The van der Waals surface area contributed by atoms with Crippen molar-refractivity contribution < 1.29 is 13.3 Å². The predicted octanol–water partition coefficient (Wildman–Crippen LogP) is 2.30. The number of nitrogens with one attached hydrogen (secondary N) is 1. The Morgan fingerprint density at radius 1 is 1.39 bits per heavy atom. The summed E-state index contributed by atoms with van der Waals surface area (Å²) in [6.07, 6.45) is 0.650. The first-order valence-electron chi connectivity index (χ1n) is 7.34. The second kappa shape index (κ2) is 5.77. The molecule has 7 nitrogen and oxygen atoms in total. The predicted molar refractivity (Wildman–Crippen MR) is 88.4 cm³/mol. The highest BCUT2D eigenvalue weighted by Crippen LogP contribution is 2.28. The van der Waals surface area contributed by atoms with E-state index in [-0.39, 0.29) is 23.1 Å². The molecule has 0 saturated carbocycles. The molecule has 1 N–H and O–H groups in total. The number of benzene rings is 1. The number of hydrogen-bond acceptors (Lipinski definition) is 6. The number of nitrogens with zero attached hydrogens (tertiary/aromatic N) is 2. The van der Waals surface area contributed by atoms with Gasteiger partial charge in [0.1, 0.15) is 0 Å². The minimum Gasteiger partial charge on any atom is -0.384 e. The topological polar surface area (TPSA) is 102 Å². The van der Waals surface area contributed by atoms with E-state index >= 15 is 0 Å². The molecule has 0 radical (unpaired) electrons. The number of aryl methyl sites for hydroxylation is 1. The number of anilines is 1. The number of non-ortho nitro benzene ring substituents is 1. The molecule has 23 heavy (non-hydrogen) atoms. The van der Waals surface area contributed by atoms with Gasteiger partial charge in [-0.15, -0.1) is 0 Å². The lowest BCUT2D eigenvalue weighted by atomic mass is 10.1. The second-order valence-corrected chi connectivity index (χ2v) is 8.15. The van der Waals surface area contributed by atoms with E-state index < -0.39 is 14.8 Å². The molecule has 1 fully saturated rings. The summed E-state index contributed by atoms with van der Waals surface area (Å²) in [6, 6.07) is 6.39. The van der Waals surface area contributed by atoms with Gasteiger partial charge >= 0.3 is 0 Å². The van der Waals surface area contributed by atoms with Crippen molar-refractivity contribution in [1.29, 1.82) is 0 Å². The smallest absolute Gasteiger partial charge is 0.270 e. The molecule has 1 aliphatic rings. The molecule has 8 heteroatoms. The Kier molecular flexibility index (Phi) is 3.93. The van der Waals surface area contributed by atoms with Crippen LogP contribution in [0, 0.1) is 23.0 Å². The van der Waals surface area contributed by atoms with Gasteiger partial charge in [0.2, 0.25) is 0 Å². The zero-order valence-electron chi connectivity index (χ0n) is 12.7. The van der Waals surface area contributed by atoms with Gasteiger partial charge in [0.25, 0.3) is 5.69 Å². The maximum atomic E-state index is 11.5. The molecule has 0 spiro atoms. The van der Waals surface area contributed by atoms with Gasteiger partial charge in [-0.05, 0) is 31.4 Å². The average molecular weight is 335 g/mol. The monoisotopic (exact) mass is 335 g/mol. The van der Waals surface area contributed by atoms with E-state index in [9.17, 15) is 18.5 Å². The van der Waals surface area contributed by atoms with Crippen LogP contribution in [0.2, 0.25) is 0 Å². The van der Waals surface area contributed by atoms with Crippen LogP contribution in [0.25, 0.3) is 10.9 Å². The third-order valence-corrected chi connectivity index (χ3v) is 5.88. The highest BCUT2D eigenvalue weighted by molar-refractivity contribution is 7.91. The van der Waals surface area contributed by atoms with Gasteiger partial charge in [-0.3, -0.25) is 15.1 Å². The van der Waals surface area contributed by atoms with Crippen LogP contribution in [-0.4, -0.2) is 36.4 Å². The lowest BCUT2D eigenvalue weighted by molar-refractivity contribution is -0.384. The van der Waals surface area contributed by atoms with Crippen molar-refractivity contribution in [3.05, 3.63) is 40.1 Å². The van der Waals surface area contributed by atoms with E-state index in [0.717, 1.165) is 11.4 Å². The molecule has 1 atom stereocenters. The summed E-state index contributed by atoms with van der Waals surface area (Å²) in [5.41, 5.74) is 2.24. The molecule has 1 aromatic heterocycles. The number of aromatic nitrogens is 1. The van der Waals surface area contributed by atoms with Crippen molar-refractivity contribution in [2.75, 3.05) is 23.4 Å². The zero-order valence-corrected chi connectivity index (χ0v) is 13.5. The van der Waals surface area contributed by atoms with Crippen LogP contribution in [0.15, 0.2) is 24.3 Å². The third kappa shape index (κ3) is 3.42. The number of nitro groups is 1. The third-order valence-electron chi connectivity index (χ3n) is 4.04. The molecular formula is C15H17N3O4S. The Morgan fingerprint density at radius 2 is 2.17 bits per heavy atom. The summed E-state index contributed by atoms with van der Waals surface area (Å²) in [5.74, 6) is 0.505. The molecular weight excluding hydrogens is 318 g/mol. The molecule has 3 rings (SSSR count). The van der Waals surface area contributed by atoms with Gasteiger partial charge in [0.05, 0.1) is 21.9 Å². The van der Waals surface area contributed by atoms with E-state index in [1.54, 1.807) is 6.07 Å². The van der Waals surface area contributed by atoms with Gasteiger partial charge in [-0.25, -0.2) is 8.42 Å². The fourth-order valence-corrected chi connectivity index (χ4v) is 4.76. The number of fused-ring (bicyclic) bond motifs is 1. The molecule has 1 saturated heterocycles. The summed E-state index contributed by atoms with van der Waals surface area (Å²) in [6.45, 7) is 2.38. The number of sulfone groups is 1. The van der Waals surface area contributed by atoms with Crippen molar-refractivity contribution in [2.24, 2.45) is 5.92 Å². The largest absolute Gasteiger partial charge is 0.384 e. The first kappa shape index (κ1) is 15.7. The summed E-state index contributed by atoms with van der Waals surface area (Å²) in [5, 5.41) is 14.9. The van der Waals surface area contributed by atoms with E-state index in [1.165, 1.54) is 12.1 Å². The van der Waals surface area contributed by atoms with Crippen LogP contribution in [0.4, 0.5) is 11.4 Å². The minimum absolute atomic E-state index is 0.00893. The maximum Gasteiger partial charge on any atom is 0.270 e.